The Hall–Kier alpha value is -2.01. The maximum Gasteiger partial charge on any atom is 0.223 e. The SMILES string of the molecule is CCN(CC)c1cc(N2CCCc3ccccc32)nc(N)n1.Cl. The van der Waals surface area contributed by atoms with Gasteiger partial charge in [-0.05, 0) is 38.3 Å². The summed E-state index contributed by atoms with van der Waals surface area (Å²) in [6.45, 7) is 7.02. The van der Waals surface area contributed by atoms with Gasteiger partial charge in [-0.2, -0.15) is 9.97 Å². The number of aryl methyl sites for hydroxylation is 1. The van der Waals surface area contributed by atoms with Crippen LogP contribution in [0.15, 0.2) is 30.3 Å². The number of benzene rings is 1. The minimum atomic E-state index is 0. The summed E-state index contributed by atoms with van der Waals surface area (Å²) in [7, 11) is 0. The zero-order valence-corrected chi connectivity index (χ0v) is 14.5. The van der Waals surface area contributed by atoms with E-state index in [4.69, 9.17) is 5.73 Å². The van der Waals surface area contributed by atoms with Gasteiger partial charge in [0.25, 0.3) is 0 Å². The zero-order valence-electron chi connectivity index (χ0n) is 13.7. The highest BCUT2D eigenvalue weighted by molar-refractivity contribution is 5.85. The van der Waals surface area contributed by atoms with E-state index in [-0.39, 0.29) is 12.4 Å². The van der Waals surface area contributed by atoms with Gasteiger partial charge in [0.2, 0.25) is 5.95 Å². The van der Waals surface area contributed by atoms with Crippen molar-refractivity contribution in [3.05, 3.63) is 35.9 Å². The van der Waals surface area contributed by atoms with Crippen molar-refractivity contribution in [3.8, 4) is 0 Å². The number of aromatic nitrogens is 2. The highest BCUT2D eigenvalue weighted by atomic mass is 35.5. The topological polar surface area (TPSA) is 58.3 Å². The smallest absolute Gasteiger partial charge is 0.223 e. The lowest BCUT2D eigenvalue weighted by molar-refractivity contribution is 0.757. The minimum Gasteiger partial charge on any atom is -0.368 e. The molecule has 0 aliphatic carbocycles. The van der Waals surface area contributed by atoms with Gasteiger partial charge in [0.1, 0.15) is 11.6 Å². The van der Waals surface area contributed by atoms with Crippen LogP contribution in [0, 0.1) is 0 Å². The van der Waals surface area contributed by atoms with Crippen LogP contribution in [0.25, 0.3) is 0 Å². The predicted molar refractivity (Wildman–Crippen MR) is 99.0 cm³/mol. The molecule has 1 aliphatic heterocycles. The number of hydrogen-bond donors (Lipinski definition) is 1. The van der Waals surface area contributed by atoms with Crippen LogP contribution in [0.3, 0.4) is 0 Å². The molecule has 0 radical (unpaired) electrons. The van der Waals surface area contributed by atoms with Crippen LogP contribution in [-0.4, -0.2) is 29.6 Å². The lowest BCUT2D eigenvalue weighted by Gasteiger charge is -2.31. The Morgan fingerprint density at radius 1 is 1.17 bits per heavy atom. The third kappa shape index (κ3) is 3.50. The van der Waals surface area contributed by atoms with Gasteiger partial charge in [-0.25, -0.2) is 0 Å². The van der Waals surface area contributed by atoms with Gasteiger partial charge < -0.3 is 15.5 Å². The Labute approximate surface area is 143 Å². The van der Waals surface area contributed by atoms with Gasteiger partial charge in [-0.15, -0.1) is 12.4 Å². The summed E-state index contributed by atoms with van der Waals surface area (Å²) in [5.41, 5.74) is 8.56. The summed E-state index contributed by atoms with van der Waals surface area (Å²) < 4.78 is 0. The maximum atomic E-state index is 5.96. The number of nitrogens with zero attached hydrogens (tertiary/aromatic N) is 4. The highest BCUT2D eigenvalue weighted by Gasteiger charge is 2.20. The van der Waals surface area contributed by atoms with Crippen molar-refractivity contribution >= 4 is 35.7 Å². The first-order chi connectivity index (χ1) is 10.7. The Balaban J connectivity index is 0.00000192. The number of halogens is 1. The van der Waals surface area contributed by atoms with Crippen molar-refractivity contribution in [2.24, 2.45) is 0 Å². The van der Waals surface area contributed by atoms with Crippen LogP contribution < -0.4 is 15.5 Å². The average Bonchev–Trinajstić information content (AvgIpc) is 2.55. The number of nitrogen functional groups attached to an aromatic ring is 1. The van der Waals surface area contributed by atoms with E-state index in [1.165, 1.54) is 11.3 Å². The molecule has 5 nitrogen and oxygen atoms in total. The number of fused-ring (bicyclic) bond motifs is 1. The molecule has 124 valence electrons. The van der Waals surface area contributed by atoms with Crippen molar-refractivity contribution in [2.75, 3.05) is 35.2 Å². The summed E-state index contributed by atoms with van der Waals surface area (Å²) in [5, 5.41) is 0. The molecule has 2 N–H and O–H groups in total. The van der Waals surface area contributed by atoms with E-state index in [2.05, 4.69) is 57.9 Å². The van der Waals surface area contributed by atoms with Crippen molar-refractivity contribution in [2.45, 2.75) is 26.7 Å². The summed E-state index contributed by atoms with van der Waals surface area (Å²) in [6.07, 6.45) is 2.25. The molecule has 0 spiro atoms. The predicted octanol–water partition coefficient (Wildman–Crippen LogP) is 3.41. The zero-order chi connectivity index (χ0) is 15.5. The monoisotopic (exact) mass is 333 g/mol. The van der Waals surface area contributed by atoms with Crippen LogP contribution in [0.1, 0.15) is 25.8 Å². The Morgan fingerprint density at radius 3 is 2.65 bits per heavy atom. The lowest BCUT2D eigenvalue weighted by Crippen LogP contribution is -2.27. The van der Waals surface area contributed by atoms with Crippen LogP contribution in [0.5, 0.6) is 0 Å². The molecule has 0 unspecified atom stereocenters. The first-order valence-electron chi connectivity index (χ1n) is 7.98. The van der Waals surface area contributed by atoms with Gasteiger partial charge in [0, 0.05) is 31.4 Å². The second-order valence-corrected chi connectivity index (χ2v) is 5.50. The number of rotatable bonds is 4. The average molecular weight is 334 g/mol. The molecule has 23 heavy (non-hydrogen) atoms. The van der Waals surface area contributed by atoms with Gasteiger partial charge in [0.05, 0.1) is 0 Å². The van der Waals surface area contributed by atoms with Crippen LogP contribution in [0.2, 0.25) is 0 Å². The summed E-state index contributed by atoms with van der Waals surface area (Å²) in [6, 6.07) is 10.6. The quantitative estimate of drug-likeness (QED) is 0.929. The second kappa shape index (κ2) is 7.51. The molecule has 6 heteroatoms. The number of hydrogen-bond acceptors (Lipinski definition) is 5. The molecule has 0 fully saturated rings. The lowest BCUT2D eigenvalue weighted by atomic mass is 10.0. The van der Waals surface area contributed by atoms with E-state index in [1.807, 2.05) is 6.07 Å². The van der Waals surface area contributed by atoms with Gasteiger partial charge in [-0.3, -0.25) is 0 Å². The number of para-hydroxylation sites is 1. The highest BCUT2D eigenvalue weighted by Crippen LogP contribution is 2.33. The fourth-order valence-corrected chi connectivity index (χ4v) is 3.06. The maximum absolute atomic E-state index is 5.96. The summed E-state index contributed by atoms with van der Waals surface area (Å²) in [5.74, 6) is 2.12. The molecule has 1 aliphatic rings. The fraction of sp³-hybridized carbons (Fsp3) is 0.412. The van der Waals surface area contributed by atoms with Crippen molar-refractivity contribution < 1.29 is 0 Å². The van der Waals surface area contributed by atoms with Gasteiger partial charge in [-0.1, -0.05) is 18.2 Å². The summed E-state index contributed by atoms with van der Waals surface area (Å²) >= 11 is 0. The molecule has 0 atom stereocenters. The van der Waals surface area contributed by atoms with E-state index in [9.17, 15) is 0 Å². The molecule has 2 aromatic rings. The summed E-state index contributed by atoms with van der Waals surface area (Å²) in [4.78, 5) is 13.3. The number of anilines is 4. The Morgan fingerprint density at radius 2 is 1.91 bits per heavy atom. The first-order valence-corrected chi connectivity index (χ1v) is 7.98. The van der Waals surface area contributed by atoms with E-state index in [0.717, 1.165) is 44.1 Å². The second-order valence-electron chi connectivity index (χ2n) is 5.50. The van der Waals surface area contributed by atoms with Crippen LogP contribution in [0.4, 0.5) is 23.3 Å². The third-order valence-electron chi connectivity index (χ3n) is 4.19. The Kier molecular flexibility index (Phi) is 5.66. The fourth-order valence-electron chi connectivity index (χ4n) is 3.06. The molecule has 2 heterocycles. The molecular formula is C17H24ClN5. The van der Waals surface area contributed by atoms with E-state index >= 15 is 0 Å². The molecule has 1 aromatic heterocycles. The van der Waals surface area contributed by atoms with Crippen LogP contribution in [-0.2, 0) is 6.42 Å². The Bertz CT molecular complexity index is 657. The third-order valence-corrected chi connectivity index (χ3v) is 4.19. The van der Waals surface area contributed by atoms with E-state index in [0.29, 0.717) is 5.95 Å². The van der Waals surface area contributed by atoms with Gasteiger partial charge >= 0.3 is 0 Å². The molecule has 3 rings (SSSR count). The largest absolute Gasteiger partial charge is 0.368 e. The molecule has 0 saturated heterocycles. The molecule has 0 bridgehead atoms. The van der Waals surface area contributed by atoms with Crippen molar-refractivity contribution in [3.63, 3.8) is 0 Å². The van der Waals surface area contributed by atoms with E-state index < -0.39 is 0 Å². The normalized spacial score (nSPS) is 13.2. The molecule has 1 aromatic carbocycles. The molecular weight excluding hydrogens is 310 g/mol. The van der Waals surface area contributed by atoms with Crippen molar-refractivity contribution in [1.82, 2.24) is 9.97 Å². The first kappa shape index (κ1) is 17.3. The van der Waals surface area contributed by atoms with Gasteiger partial charge in [0.15, 0.2) is 0 Å². The van der Waals surface area contributed by atoms with E-state index in [1.54, 1.807) is 0 Å². The van der Waals surface area contributed by atoms with Crippen molar-refractivity contribution in [1.29, 1.82) is 0 Å². The standard InChI is InChI=1S/C17H23N5.ClH/c1-3-21(4-2)15-12-16(20-17(18)19-15)22-11-7-9-13-8-5-6-10-14(13)22;/h5-6,8,10,12H,3-4,7,9,11H2,1-2H3,(H2,18,19,20);1H. The number of nitrogens with two attached hydrogens (primary N) is 1. The molecule has 0 amide bonds. The van der Waals surface area contributed by atoms with Crippen LogP contribution >= 0.6 is 12.4 Å². The molecule has 0 saturated carbocycles. The minimum absolute atomic E-state index is 0.